The summed E-state index contributed by atoms with van der Waals surface area (Å²) in [6.45, 7) is 8.02. The van der Waals surface area contributed by atoms with Gasteiger partial charge in [0.15, 0.2) is 6.10 Å². The Morgan fingerprint density at radius 3 is 2.85 bits per heavy atom. The second-order valence-electron chi connectivity index (χ2n) is 4.80. The molecule has 0 saturated carbocycles. The van der Waals surface area contributed by atoms with Crippen molar-refractivity contribution < 1.29 is 14.3 Å². The topological polar surface area (TPSA) is 38.8 Å². The molecule has 4 nitrogen and oxygen atoms in total. The zero-order valence-electron chi connectivity index (χ0n) is 11.9. The maximum absolute atomic E-state index is 12.3. The highest BCUT2D eigenvalue weighted by Crippen LogP contribution is 2.20. The summed E-state index contributed by atoms with van der Waals surface area (Å²) in [6.07, 6.45) is 2.07. The number of morpholine rings is 1. The van der Waals surface area contributed by atoms with Crippen LogP contribution in [0, 0.1) is 0 Å². The van der Waals surface area contributed by atoms with Crippen LogP contribution in [0.25, 0.3) is 0 Å². The fourth-order valence-electron chi connectivity index (χ4n) is 2.22. The number of para-hydroxylation sites is 1. The molecule has 1 heterocycles. The van der Waals surface area contributed by atoms with E-state index in [-0.39, 0.29) is 5.91 Å². The smallest absolute Gasteiger partial charge is 0.263 e. The summed E-state index contributed by atoms with van der Waals surface area (Å²) in [7, 11) is 0. The van der Waals surface area contributed by atoms with E-state index in [1.807, 2.05) is 30.3 Å². The highest BCUT2D eigenvalue weighted by molar-refractivity contribution is 5.81. The normalized spacial score (nSPS) is 16.6. The molecule has 1 amide bonds. The summed E-state index contributed by atoms with van der Waals surface area (Å²) in [4.78, 5) is 14.1. The lowest BCUT2D eigenvalue weighted by Gasteiger charge is -2.29. The molecule has 108 valence electrons. The molecule has 0 spiro atoms. The predicted octanol–water partition coefficient (Wildman–Crippen LogP) is 2.04. The Morgan fingerprint density at radius 2 is 2.15 bits per heavy atom. The predicted molar refractivity (Wildman–Crippen MR) is 77.8 cm³/mol. The molecule has 0 aromatic heterocycles. The summed E-state index contributed by atoms with van der Waals surface area (Å²) in [5.41, 5.74) is 1.05. The first kappa shape index (κ1) is 14.6. The van der Waals surface area contributed by atoms with Gasteiger partial charge in [-0.15, -0.1) is 6.58 Å². The van der Waals surface area contributed by atoms with Crippen LogP contribution in [-0.4, -0.2) is 43.2 Å². The van der Waals surface area contributed by atoms with Gasteiger partial charge in [-0.05, 0) is 25.0 Å². The number of allylic oxidation sites excluding steroid dienone is 1. The van der Waals surface area contributed by atoms with Gasteiger partial charge in [0.25, 0.3) is 5.91 Å². The van der Waals surface area contributed by atoms with Crippen molar-refractivity contribution >= 4 is 5.91 Å². The van der Waals surface area contributed by atoms with E-state index in [4.69, 9.17) is 9.47 Å². The highest BCUT2D eigenvalue weighted by atomic mass is 16.5. The van der Waals surface area contributed by atoms with Gasteiger partial charge < -0.3 is 14.4 Å². The summed E-state index contributed by atoms with van der Waals surface area (Å²) in [5, 5.41) is 0. The summed E-state index contributed by atoms with van der Waals surface area (Å²) in [6, 6.07) is 7.75. The molecular formula is C16H21NO3. The zero-order chi connectivity index (χ0) is 14.4. The molecule has 0 radical (unpaired) electrons. The van der Waals surface area contributed by atoms with Crippen LogP contribution in [0.15, 0.2) is 36.9 Å². The van der Waals surface area contributed by atoms with Crippen molar-refractivity contribution in [3.63, 3.8) is 0 Å². The van der Waals surface area contributed by atoms with E-state index >= 15 is 0 Å². The van der Waals surface area contributed by atoms with Crippen molar-refractivity contribution in [1.29, 1.82) is 0 Å². The van der Waals surface area contributed by atoms with Crippen molar-refractivity contribution in [3.05, 3.63) is 42.5 Å². The van der Waals surface area contributed by atoms with Crippen LogP contribution < -0.4 is 4.74 Å². The van der Waals surface area contributed by atoms with E-state index in [0.717, 1.165) is 17.7 Å². The molecule has 1 atom stereocenters. The van der Waals surface area contributed by atoms with Gasteiger partial charge in [0.1, 0.15) is 5.75 Å². The molecule has 1 aromatic rings. The number of benzene rings is 1. The first-order valence-corrected chi connectivity index (χ1v) is 6.94. The molecule has 1 aliphatic heterocycles. The van der Waals surface area contributed by atoms with Crippen molar-refractivity contribution in [3.8, 4) is 5.75 Å². The quantitative estimate of drug-likeness (QED) is 0.772. The van der Waals surface area contributed by atoms with Gasteiger partial charge in [-0.1, -0.05) is 24.3 Å². The molecule has 20 heavy (non-hydrogen) atoms. The molecule has 1 aromatic carbocycles. The van der Waals surface area contributed by atoms with Crippen LogP contribution in [0.1, 0.15) is 12.5 Å². The lowest BCUT2D eigenvalue weighted by atomic mass is 10.1. The van der Waals surface area contributed by atoms with Gasteiger partial charge in [-0.25, -0.2) is 0 Å². The fourth-order valence-corrected chi connectivity index (χ4v) is 2.22. The van der Waals surface area contributed by atoms with Crippen LogP contribution in [0.2, 0.25) is 0 Å². The van der Waals surface area contributed by atoms with Crippen molar-refractivity contribution in [2.45, 2.75) is 19.4 Å². The molecule has 4 heteroatoms. The van der Waals surface area contributed by atoms with Crippen LogP contribution >= 0.6 is 0 Å². The van der Waals surface area contributed by atoms with Gasteiger partial charge in [0.2, 0.25) is 0 Å². The maximum atomic E-state index is 12.3. The van der Waals surface area contributed by atoms with E-state index in [2.05, 4.69) is 6.58 Å². The van der Waals surface area contributed by atoms with Gasteiger partial charge in [-0.3, -0.25) is 4.79 Å². The number of amides is 1. The second kappa shape index (κ2) is 7.10. The number of ether oxygens (including phenoxy) is 2. The summed E-state index contributed by atoms with van der Waals surface area (Å²) < 4.78 is 11.1. The van der Waals surface area contributed by atoms with Gasteiger partial charge in [0.05, 0.1) is 13.2 Å². The fraction of sp³-hybridized carbons (Fsp3) is 0.438. The summed E-state index contributed by atoms with van der Waals surface area (Å²) >= 11 is 0. The molecule has 2 rings (SSSR count). The first-order chi connectivity index (χ1) is 9.72. The average molecular weight is 275 g/mol. The van der Waals surface area contributed by atoms with Crippen LogP contribution in [0.5, 0.6) is 5.75 Å². The zero-order valence-corrected chi connectivity index (χ0v) is 11.9. The van der Waals surface area contributed by atoms with Gasteiger partial charge in [-0.2, -0.15) is 0 Å². The standard InChI is InChI=1S/C16H21NO3/c1-3-6-14-7-4-5-8-15(14)20-13(2)16(18)17-9-11-19-12-10-17/h3-5,7-8,13H,1,6,9-12H2,2H3. The molecule has 0 aliphatic carbocycles. The Labute approximate surface area is 120 Å². The SMILES string of the molecule is C=CCc1ccccc1OC(C)C(=O)N1CCOCC1. The minimum Gasteiger partial charge on any atom is -0.481 e. The number of carbonyl (C=O) groups excluding carboxylic acids is 1. The second-order valence-corrected chi connectivity index (χ2v) is 4.80. The molecule has 1 unspecified atom stereocenters. The Morgan fingerprint density at radius 1 is 1.45 bits per heavy atom. The molecule has 0 N–H and O–H groups in total. The van der Waals surface area contributed by atoms with Crippen LogP contribution in [0.4, 0.5) is 0 Å². The Bertz CT molecular complexity index is 467. The molecule has 1 fully saturated rings. The summed E-state index contributed by atoms with van der Waals surface area (Å²) in [5.74, 6) is 0.767. The minimum atomic E-state index is -0.487. The third kappa shape index (κ3) is 3.61. The van der Waals surface area contributed by atoms with Crippen molar-refractivity contribution in [2.75, 3.05) is 26.3 Å². The van der Waals surface area contributed by atoms with E-state index in [9.17, 15) is 4.79 Å². The van der Waals surface area contributed by atoms with E-state index in [1.165, 1.54) is 0 Å². The van der Waals surface area contributed by atoms with Crippen LogP contribution in [-0.2, 0) is 16.0 Å². The molecule has 1 saturated heterocycles. The number of carbonyl (C=O) groups is 1. The van der Waals surface area contributed by atoms with Crippen molar-refractivity contribution in [2.24, 2.45) is 0 Å². The molecule has 1 aliphatic rings. The van der Waals surface area contributed by atoms with E-state index < -0.39 is 6.10 Å². The van der Waals surface area contributed by atoms with Crippen molar-refractivity contribution in [1.82, 2.24) is 4.90 Å². The Balaban J connectivity index is 2.01. The lowest BCUT2D eigenvalue weighted by Crippen LogP contribution is -2.46. The molecular weight excluding hydrogens is 254 g/mol. The Kier molecular flexibility index (Phi) is 5.18. The van der Waals surface area contributed by atoms with Gasteiger partial charge in [0, 0.05) is 13.1 Å². The highest BCUT2D eigenvalue weighted by Gasteiger charge is 2.24. The first-order valence-electron chi connectivity index (χ1n) is 6.94. The average Bonchev–Trinajstić information content (AvgIpc) is 2.49. The van der Waals surface area contributed by atoms with E-state index in [0.29, 0.717) is 26.3 Å². The maximum Gasteiger partial charge on any atom is 0.263 e. The number of hydrogen-bond donors (Lipinski definition) is 0. The number of nitrogens with zero attached hydrogens (tertiary/aromatic N) is 1. The minimum absolute atomic E-state index is 0.0155. The van der Waals surface area contributed by atoms with Gasteiger partial charge >= 0.3 is 0 Å². The molecule has 0 bridgehead atoms. The monoisotopic (exact) mass is 275 g/mol. The lowest BCUT2D eigenvalue weighted by molar-refractivity contribution is -0.142. The number of hydrogen-bond acceptors (Lipinski definition) is 3. The Hall–Kier alpha value is -1.81. The third-order valence-corrected chi connectivity index (χ3v) is 3.31. The largest absolute Gasteiger partial charge is 0.481 e. The van der Waals surface area contributed by atoms with Crippen LogP contribution in [0.3, 0.4) is 0 Å². The third-order valence-electron chi connectivity index (χ3n) is 3.31. The number of rotatable bonds is 5. The van der Waals surface area contributed by atoms with E-state index in [1.54, 1.807) is 11.8 Å².